The van der Waals surface area contributed by atoms with E-state index in [0.29, 0.717) is 5.56 Å². The molecule has 0 bridgehead atoms. The summed E-state index contributed by atoms with van der Waals surface area (Å²) in [6.45, 7) is 5.92. The lowest BCUT2D eigenvalue weighted by Gasteiger charge is -2.29. The van der Waals surface area contributed by atoms with Crippen molar-refractivity contribution < 1.29 is 18.3 Å². The van der Waals surface area contributed by atoms with Gasteiger partial charge in [0.05, 0.1) is 11.7 Å². The summed E-state index contributed by atoms with van der Waals surface area (Å²) >= 11 is 0. The van der Waals surface area contributed by atoms with Crippen molar-refractivity contribution in [1.29, 1.82) is 0 Å². The van der Waals surface area contributed by atoms with E-state index < -0.39 is 23.8 Å². The molecule has 0 radical (unpaired) electrons. The van der Waals surface area contributed by atoms with E-state index in [4.69, 9.17) is 5.73 Å². The van der Waals surface area contributed by atoms with Crippen LogP contribution in [0.15, 0.2) is 24.3 Å². The minimum Gasteiger partial charge on any atom is -0.392 e. The van der Waals surface area contributed by atoms with Crippen molar-refractivity contribution in [3.8, 4) is 0 Å². The molecule has 20 heavy (non-hydrogen) atoms. The molecule has 0 aliphatic heterocycles. The Labute approximate surface area is 117 Å². The second-order valence-corrected chi connectivity index (χ2v) is 5.56. The van der Waals surface area contributed by atoms with Crippen molar-refractivity contribution in [3.05, 3.63) is 35.4 Å². The third kappa shape index (κ3) is 3.96. The minimum atomic E-state index is -4.39. The van der Waals surface area contributed by atoms with Gasteiger partial charge in [-0.1, -0.05) is 39.0 Å². The maximum absolute atomic E-state index is 12.7. The third-order valence-electron chi connectivity index (χ3n) is 3.90. The molecule has 0 aliphatic rings. The van der Waals surface area contributed by atoms with Gasteiger partial charge < -0.3 is 10.8 Å². The van der Waals surface area contributed by atoms with Gasteiger partial charge >= 0.3 is 6.18 Å². The van der Waals surface area contributed by atoms with Gasteiger partial charge in [0.15, 0.2) is 0 Å². The molecular formula is C15H22F3NO. The zero-order valence-electron chi connectivity index (χ0n) is 12.0. The van der Waals surface area contributed by atoms with Crippen LogP contribution in [0.25, 0.3) is 0 Å². The molecule has 5 heteroatoms. The van der Waals surface area contributed by atoms with E-state index in [-0.39, 0.29) is 18.4 Å². The molecule has 0 fully saturated rings. The average Bonchev–Trinajstić information content (AvgIpc) is 2.37. The number of aliphatic hydroxyl groups excluding tert-OH is 1. The van der Waals surface area contributed by atoms with E-state index >= 15 is 0 Å². The summed E-state index contributed by atoms with van der Waals surface area (Å²) in [6.07, 6.45) is -5.15. The zero-order valence-corrected chi connectivity index (χ0v) is 12.0. The Kier molecular flexibility index (Phi) is 5.59. The summed E-state index contributed by atoms with van der Waals surface area (Å²) in [5.41, 5.74) is 5.38. The van der Waals surface area contributed by atoms with Gasteiger partial charge in [-0.15, -0.1) is 0 Å². The Bertz CT molecular complexity index is 431. The van der Waals surface area contributed by atoms with Gasteiger partial charge in [0.25, 0.3) is 0 Å². The van der Waals surface area contributed by atoms with Crippen LogP contribution in [0.1, 0.15) is 37.8 Å². The Morgan fingerprint density at radius 1 is 1.20 bits per heavy atom. The number of hydrogen-bond acceptors (Lipinski definition) is 2. The van der Waals surface area contributed by atoms with Crippen LogP contribution in [0.5, 0.6) is 0 Å². The highest BCUT2D eigenvalue weighted by molar-refractivity contribution is 5.29. The Morgan fingerprint density at radius 2 is 1.80 bits per heavy atom. The van der Waals surface area contributed by atoms with Crippen molar-refractivity contribution in [2.75, 3.05) is 6.54 Å². The first-order valence-electron chi connectivity index (χ1n) is 6.73. The van der Waals surface area contributed by atoms with Gasteiger partial charge in [-0.2, -0.15) is 13.2 Å². The standard InChI is InChI=1S/C15H22F3NO/c1-9(2)10(3)14(20)13(8-19)11-5-4-6-12(7-11)15(16,17)18/h4-7,9-10,13-14,20H,8,19H2,1-3H3. The van der Waals surface area contributed by atoms with Crippen molar-refractivity contribution in [2.24, 2.45) is 17.6 Å². The minimum absolute atomic E-state index is 0.0434. The highest BCUT2D eigenvalue weighted by Crippen LogP contribution is 2.33. The van der Waals surface area contributed by atoms with E-state index in [1.807, 2.05) is 20.8 Å². The van der Waals surface area contributed by atoms with Crippen molar-refractivity contribution in [2.45, 2.75) is 39.0 Å². The van der Waals surface area contributed by atoms with E-state index in [9.17, 15) is 18.3 Å². The smallest absolute Gasteiger partial charge is 0.392 e. The molecule has 0 aliphatic carbocycles. The van der Waals surface area contributed by atoms with Crippen LogP contribution in [-0.2, 0) is 6.18 Å². The molecule has 3 atom stereocenters. The number of hydrogen-bond donors (Lipinski definition) is 2. The summed E-state index contributed by atoms with van der Waals surface area (Å²) in [4.78, 5) is 0. The summed E-state index contributed by atoms with van der Waals surface area (Å²) < 4.78 is 38.2. The number of nitrogens with two attached hydrogens (primary N) is 1. The monoisotopic (exact) mass is 289 g/mol. The molecule has 0 spiro atoms. The molecule has 1 aromatic rings. The first-order valence-corrected chi connectivity index (χ1v) is 6.73. The molecule has 114 valence electrons. The van der Waals surface area contributed by atoms with Crippen LogP contribution in [0.4, 0.5) is 13.2 Å². The molecule has 2 nitrogen and oxygen atoms in total. The molecule has 0 aromatic heterocycles. The molecule has 3 N–H and O–H groups in total. The number of rotatable bonds is 5. The van der Waals surface area contributed by atoms with Gasteiger partial charge in [0, 0.05) is 12.5 Å². The highest BCUT2D eigenvalue weighted by atomic mass is 19.4. The van der Waals surface area contributed by atoms with E-state index in [1.165, 1.54) is 6.07 Å². The topological polar surface area (TPSA) is 46.2 Å². The van der Waals surface area contributed by atoms with Crippen LogP contribution in [0, 0.1) is 11.8 Å². The van der Waals surface area contributed by atoms with Crippen molar-refractivity contribution >= 4 is 0 Å². The number of aliphatic hydroxyl groups is 1. The Morgan fingerprint density at radius 3 is 2.25 bits per heavy atom. The normalized spacial score (nSPS) is 17.1. The maximum atomic E-state index is 12.7. The van der Waals surface area contributed by atoms with Crippen LogP contribution in [0.2, 0.25) is 0 Å². The summed E-state index contributed by atoms with van der Waals surface area (Å²) in [5, 5.41) is 10.3. The number of benzene rings is 1. The van der Waals surface area contributed by atoms with E-state index in [1.54, 1.807) is 6.07 Å². The van der Waals surface area contributed by atoms with Gasteiger partial charge in [-0.3, -0.25) is 0 Å². The van der Waals surface area contributed by atoms with E-state index in [2.05, 4.69) is 0 Å². The quantitative estimate of drug-likeness (QED) is 0.872. The Hall–Kier alpha value is -1.07. The number of halogens is 3. The molecule has 1 aromatic carbocycles. The maximum Gasteiger partial charge on any atom is 0.416 e. The zero-order chi connectivity index (χ0) is 15.5. The van der Waals surface area contributed by atoms with Crippen molar-refractivity contribution in [3.63, 3.8) is 0 Å². The highest BCUT2D eigenvalue weighted by Gasteiger charge is 2.32. The molecule has 0 heterocycles. The lowest BCUT2D eigenvalue weighted by molar-refractivity contribution is -0.137. The molecular weight excluding hydrogens is 267 g/mol. The molecule has 1 rings (SSSR count). The summed E-state index contributed by atoms with van der Waals surface area (Å²) in [7, 11) is 0. The Balaban J connectivity index is 3.07. The first-order chi connectivity index (χ1) is 9.18. The molecule has 0 saturated heterocycles. The van der Waals surface area contributed by atoms with Crippen LogP contribution in [0.3, 0.4) is 0 Å². The van der Waals surface area contributed by atoms with Gasteiger partial charge in [0.1, 0.15) is 0 Å². The predicted molar refractivity (Wildman–Crippen MR) is 73.2 cm³/mol. The largest absolute Gasteiger partial charge is 0.416 e. The summed E-state index contributed by atoms with van der Waals surface area (Å²) in [5.74, 6) is -0.308. The molecule has 0 saturated carbocycles. The fourth-order valence-electron chi connectivity index (χ4n) is 2.18. The second kappa shape index (κ2) is 6.59. The third-order valence-corrected chi connectivity index (χ3v) is 3.90. The van der Waals surface area contributed by atoms with Gasteiger partial charge in [-0.25, -0.2) is 0 Å². The SMILES string of the molecule is CC(C)C(C)C(O)C(CN)c1cccc(C(F)(F)F)c1. The average molecular weight is 289 g/mol. The van der Waals surface area contributed by atoms with Crippen LogP contribution >= 0.6 is 0 Å². The fourth-order valence-corrected chi connectivity index (χ4v) is 2.18. The number of alkyl halides is 3. The predicted octanol–water partition coefficient (Wildman–Crippen LogP) is 3.40. The summed E-state index contributed by atoms with van der Waals surface area (Å²) in [6, 6.07) is 5.04. The van der Waals surface area contributed by atoms with Crippen LogP contribution < -0.4 is 5.73 Å². The fraction of sp³-hybridized carbons (Fsp3) is 0.600. The van der Waals surface area contributed by atoms with Gasteiger partial charge in [-0.05, 0) is 23.5 Å². The molecule has 0 amide bonds. The van der Waals surface area contributed by atoms with E-state index in [0.717, 1.165) is 12.1 Å². The lowest BCUT2D eigenvalue weighted by Crippen LogP contribution is -2.33. The molecule has 3 unspecified atom stereocenters. The lowest BCUT2D eigenvalue weighted by atomic mass is 9.81. The van der Waals surface area contributed by atoms with Gasteiger partial charge in [0.2, 0.25) is 0 Å². The first kappa shape index (κ1) is 17.0. The second-order valence-electron chi connectivity index (χ2n) is 5.56. The van der Waals surface area contributed by atoms with Crippen LogP contribution in [-0.4, -0.2) is 17.8 Å². The van der Waals surface area contributed by atoms with Crippen molar-refractivity contribution in [1.82, 2.24) is 0 Å².